The number of anilines is 1. The van der Waals surface area contributed by atoms with Crippen LogP contribution in [0.4, 0.5) is 10.1 Å². The lowest BCUT2D eigenvalue weighted by molar-refractivity contribution is 0.102. The van der Waals surface area contributed by atoms with Crippen molar-refractivity contribution in [3.05, 3.63) is 53.9 Å². The van der Waals surface area contributed by atoms with Crippen LogP contribution in [0.2, 0.25) is 0 Å². The molecule has 6 heteroatoms. The summed E-state index contributed by atoms with van der Waals surface area (Å²) < 4.78 is 13.2. The van der Waals surface area contributed by atoms with E-state index < -0.39 is 11.7 Å². The maximum atomic E-state index is 13.2. The summed E-state index contributed by atoms with van der Waals surface area (Å²) in [7, 11) is 0. The monoisotopic (exact) mass is 271 g/mol. The van der Waals surface area contributed by atoms with Crippen LogP contribution in [0.25, 0.3) is 0 Å². The fourth-order valence-corrected chi connectivity index (χ4v) is 1.47. The molecule has 0 radical (unpaired) electrons. The van der Waals surface area contributed by atoms with Crippen LogP contribution in [0, 0.1) is 17.7 Å². The number of carbonyl (C=O) groups excluding carboxylic acids is 1. The van der Waals surface area contributed by atoms with Crippen molar-refractivity contribution in [1.82, 2.24) is 9.97 Å². The molecule has 0 aliphatic carbocycles. The Morgan fingerprint density at radius 3 is 2.95 bits per heavy atom. The Kier molecular flexibility index (Phi) is 4.37. The van der Waals surface area contributed by atoms with Gasteiger partial charge in [-0.2, -0.15) is 0 Å². The fourth-order valence-electron chi connectivity index (χ4n) is 1.47. The Labute approximate surface area is 114 Å². The van der Waals surface area contributed by atoms with E-state index in [1.807, 2.05) is 0 Å². The molecule has 2 rings (SSSR count). The number of aliphatic hydroxyl groups is 1. The molecule has 1 aromatic heterocycles. The van der Waals surface area contributed by atoms with Gasteiger partial charge < -0.3 is 10.4 Å². The average molecular weight is 271 g/mol. The lowest BCUT2D eigenvalue weighted by atomic mass is 10.1. The van der Waals surface area contributed by atoms with Gasteiger partial charge >= 0.3 is 0 Å². The number of benzene rings is 1. The molecule has 1 amide bonds. The Bertz CT molecular complexity index is 678. The number of aromatic nitrogens is 2. The highest BCUT2D eigenvalue weighted by atomic mass is 19.1. The lowest BCUT2D eigenvalue weighted by Crippen LogP contribution is -2.14. The van der Waals surface area contributed by atoms with E-state index in [1.165, 1.54) is 36.8 Å². The summed E-state index contributed by atoms with van der Waals surface area (Å²) in [5.74, 6) is 4.02. The van der Waals surface area contributed by atoms with E-state index in [9.17, 15) is 9.18 Å². The Morgan fingerprint density at radius 2 is 2.25 bits per heavy atom. The molecule has 0 unspecified atom stereocenters. The van der Waals surface area contributed by atoms with Gasteiger partial charge in [0.15, 0.2) is 0 Å². The smallest absolute Gasteiger partial charge is 0.275 e. The molecule has 5 nitrogen and oxygen atoms in total. The zero-order valence-corrected chi connectivity index (χ0v) is 10.3. The summed E-state index contributed by atoms with van der Waals surface area (Å²) in [6.07, 6.45) is 4.16. The number of aliphatic hydroxyl groups excluding tert-OH is 1. The second-order valence-electron chi connectivity index (χ2n) is 3.69. The molecule has 2 aromatic rings. The molecule has 100 valence electrons. The number of carbonyl (C=O) groups is 1. The van der Waals surface area contributed by atoms with Crippen LogP contribution in [0.5, 0.6) is 0 Å². The number of nitrogens with one attached hydrogen (secondary N) is 1. The van der Waals surface area contributed by atoms with E-state index in [0.29, 0.717) is 5.69 Å². The number of amides is 1. The normalized spacial score (nSPS) is 9.50. The van der Waals surface area contributed by atoms with Gasteiger partial charge in [0.1, 0.15) is 18.1 Å². The highest BCUT2D eigenvalue weighted by Crippen LogP contribution is 2.16. The van der Waals surface area contributed by atoms with Gasteiger partial charge in [-0.15, -0.1) is 0 Å². The summed E-state index contributed by atoms with van der Waals surface area (Å²) in [5.41, 5.74) is 0.747. The van der Waals surface area contributed by atoms with E-state index in [2.05, 4.69) is 27.1 Å². The first-order chi connectivity index (χ1) is 9.70. The Balaban J connectivity index is 2.27. The van der Waals surface area contributed by atoms with Crippen molar-refractivity contribution in [3.63, 3.8) is 0 Å². The van der Waals surface area contributed by atoms with E-state index in [0.717, 1.165) is 0 Å². The molecule has 20 heavy (non-hydrogen) atoms. The third-order valence-electron chi connectivity index (χ3n) is 2.33. The predicted molar refractivity (Wildman–Crippen MR) is 70.3 cm³/mol. The number of halogens is 1. The van der Waals surface area contributed by atoms with Gasteiger partial charge in [0.25, 0.3) is 5.91 Å². The lowest BCUT2D eigenvalue weighted by Gasteiger charge is -2.07. The highest BCUT2D eigenvalue weighted by molar-refractivity contribution is 6.03. The Morgan fingerprint density at radius 1 is 1.40 bits per heavy atom. The van der Waals surface area contributed by atoms with E-state index in [-0.39, 0.29) is 17.9 Å². The van der Waals surface area contributed by atoms with Crippen molar-refractivity contribution >= 4 is 11.6 Å². The maximum Gasteiger partial charge on any atom is 0.275 e. The highest BCUT2D eigenvalue weighted by Gasteiger charge is 2.10. The third kappa shape index (κ3) is 3.37. The van der Waals surface area contributed by atoms with Crippen molar-refractivity contribution in [3.8, 4) is 11.8 Å². The van der Waals surface area contributed by atoms with Crippen molar-refractivity contribution in [2.24, 2.45) is 0 Å². The van der Waals surface area contributed by atoms with Crippen molar-refractivity contribution in [2.75, 3.05) is 11.9 Å². The number of nitrogens with zero attached hydrogens (tertiary/aromatic N) is 2. The molecule has 1 aromatic carbocycles. The van der Waals surface area contributed by atoms with Crippen LogP contribution >= 0.6 is 0 Å². The first kappa shape index (κ1) is 13.6. The molecule has 0 saturated carbocycles. The largest absolute Gasteiger partial charge is 0.384 e. The third-order valence-corrected chi connectivity index (χ3v) is 2.33. The molecule has 0 atom stereocenters. The molecule has 0 saturated heterocycles. The van der Waals surface area contributed by atoms with Gasteiger partial charge in [-0.05, 0) is 18.2 Å². The number of hydrogen-bond acceptors (Lipinski definition) is 4. The summed E-state index contributed by atoms with van der Waals surface area (Å²) in [6, 6.07) is 3.77. The van der Waals surface area contributed by atoms with Crippen LogP contribution in [-0.4, -0.2) is 27.6 Å². The minimum Gasteiger partial charge on any atom is -0.384 e. The molecule has 0 fully saturated rings. The molecule has 0 spiro atoms. The summed E-state index contributed by atoms with van der Waals surface area (Å²) in [5, 5.41) is 11.2. The van der Waals surface area contributed by atoms with Crippen molar-refractivity contribution in [2.45, 2.75) is 0 Å². The molecular formula is C14H10FN3O2. The van der Waals surface area contributed by atoms with Crippen LogP contribution < -0.4 is 5.32 Å². The van der Waals surface area contributed by atoms with Gasteiger partial charge in [-0.3, -0.25) is 9.78 Å². The topological polar surface area (TPSA) is 75.1 Å². The minimum atomic E-state index is -0.482. The predicted octanol–water partition coefficient (Wildman–Crippen LogP) is 1.21. The van der Waals surface area contributed by atoms with Crippen LogP contribution in [-0.2, 0) is 0 Å². The average Bonchev–Trinajstić information content (AvgIpc) is 2.48. The quantitative estimate of drug-likeness (QED) is 0.805. The van der Waals surface area contributed by atoms with E-state index in [4.69, 9.17) is 5.11 Å². The fraction of sp³-hybridized carbons (Fsp3) is 0.0714. The molecule has 0 aliphatic rings. The summed E-state index contributed by atoms with van der Waals surface area (Å²) >= 11 is 0. The summed E-state index contributed by atoms with van der Waals surface area (Å²) in [4.78, 5) is 19.6. The second-order valence-corrected chi connectivity index (χ2v) is 3.69. The zero-order valence-electron chi connectivity index (χ0n) is 10.3. The van der Waals surface area contributed by atoms with Crippen LogP contribution in [0.3, 0.4) is 0 Å². The standard InChI is InChI=1S/C14H10FN3O2/c15-11-3-4-12(10(8-11)2-1-7-19)18-14(20)13-9-16-5-6-17-13/h3-6,8-9,19H,7H2,(H,18,20). The molecule has 0 bridgehead atoms. The first-order valence-electron chi connectivity index (χ1n) is 5.67. The van der Waals surface area contributed by atoms with Gasteiger partial charge in [0.2, 0.25) is 0 Å². The van der Waals surface area contributed by atoms with Crippen molar-refractivity contribution in [1.29, 1.82) is 0 Å². The van der Waals surface area contributed by atoms with Gasteiger partial charge in [0, 0.05) is 12.4 Å². The molecule has 1 heterocycles. The van der Waals surface area contributed by atoms with Gasteiger partial charge in [-0.1, -0.05) is 11.8 Å². The molecular weight excluding hydrogens is 261 g/mol. The first-order valence-corrected chi connectivity index (χ1v) is 5.67. The summed E-state index contributed by atoms with van der Waals surface area (Å²) in [6.45, 7) is -0.353. The number of hydrogen-bond donors (Lipinski definition) is 2. The van der Waals surface area contributed by atoms with E-state index in [1.54, 1.807) is 0 Å². The molecule has 2 N–H and O–H groups in total. The van der Waals surface area contributed by atoms with E-state index >= 15 is 0 Å². The number of rotatable bonds is 2. The van der Waals surface area contributed by atoms with Crippen LogP contribution in [0.1, 0.15) is 16.1 Å². The van der Waals surface area contributed by atoms with Gasteiger partial charge in [-0.25, -0.2) is 9.37 Å². The maximum absolute atomic E-state index is 13.2. The van der Waals surface area contributed by atoms with Gasteiger partial charge in [0.05, 0.1) is 17.4 Å². The van der Waals surface area contributed by atoms with Crippen LogP contribution in [0.15, 0.2) is 36.8 Å². The zero-order chi connectivity index (χ0) is 14.4. The Hall–Kier alpha value is -2.78. The minimum absolute atomic E-state index is 0.137. The van der Waals surface area contributed by atoms with Crippen molar-refractivity contribution < 1.29 is 14.3 Å². The molecule has 0 aliphatic heterocycles. The SMILES string of the molecule is O=C(Nc1ccc(F)cc1C#CCO)c1cnccn1. The second kappa shape index (κ2) is 6.41.